The van der Waals surface area contributed by atoms with E-state index in [1.165, 1.54) is 0 Å². The van der Waals surface area contributed by atoms with Crippen LogP contribution in [-0.4, -0.2) is 68.3 Å². The standard InChI is InChI=1S/C11H21N3O2/c1-13-6-7-16-10(9-13)8-12-11(15)14-4-2-3-5-14/h10H,2-9H2,1H3,(H,12,15). The predicted molar refractivity (Wildman–Crippen MR) is 61.4 cm³/mol. The average Bonchev–Trinajstić information content (AvgIpc) is 2.79. The third-order valence-corrected chi connectivity index (χ3v) is 3.22. The highest BCUT2D eigenvalue weighted by molar-refractivity contribution is 5.74. The summed E-state index contributed by atoms with van der Waals surface area (Å²) >= 11 is 0. The SMILES string of the molecule is CN1CCOC(CNC(=O)N2CCCC2)C1. The van der Waals surface area contributed by atoms with Crippen molar-refractivity contribution < 1.29 is 9.53 Å². The molecule has 1 atom stereocenters. The largest absolute Gasteiger partial charge is 0.374 e. The minimum absolute atomic E-state index is 0.0642. The first-order chi connectivity index (χ1) is 7.75. The Hall–Kier alpha value is -0.810. The Balaban J connectivity index is 1.67. The van der Waals surface area contributed by atoms with E-state index in [9.17, 15) is 4.79 Å². The number of carbonyl (C=O) groups excluding carboxylic acids is 1. The van der Waals surface area contributed by atoms with E-state index >= 15 is 0 Å². The summed E-state index contributed by atoms with van der Waals surface area (Å²) in [5.74, 6) is 0. The zero-order chi connectivity index (χ0) is 11.4. The van der Waals surface area contributed by atoms with Crippen molar-refractivity contribution in [3.8, 4) is 0 Å². The maximum Gasteiger partial charge on any atom is 0.317 e. The lowest BCUT2D eigenvalue weighted by molar-refractivity contribution is -0.0171. The second kappa shape index (κ2) is 5.50. The van der Waals surface area contributed by atoms with Gasteiger partial charge in [-0.25, -0.2) is 4.79 Å². The summed E-state index contributed by atoms with van der Waals surface area (Å²) < 4.78 is 5.59. The van der Waals surface area contributed by atoms with Gasteiger partial charge in [0.2, 0.25) is 0 Å². The van der Waals surface area contributed by atoms with E-state index < -0.39 is 0 Å². The Labute approximate surface area is 96.7 Å². The third kappa shape index (κ3) is 3.09. The summed E-state index contributed by atoms with van der Waals surface area (Å²) in [4.78, 5) is 15.8. The van der Waals surface area contributed by atoms with Crippen molar-refractivity contribution in [2.24, 2.45) is 0 Å². The van der Waals surface area contributed by atoms with Gasteiger partial charge in [-0.15, -0.1) is 0 Å². The van der Waals surface area contributed by atoms with Crippen LogP contribution in [0.3, 0.4) is 0 Å². The Morgan fingerprint density at radius 3 is 2.81 bits per heavy atom. The van der Waals surface area contributed by atoms with Crippen LogP contribution < -0.4 is 5.32 Å². The molecule has 0 radical (unpaired) electrons. The molecule has 0 bridgehead atoms. The fourth-order valence-corrected chi connectivity index (χ4v) is 2.22. The molecule has 0 aromatic carbocycles. The lowest BCUT2D eigenvalue weighted by Gasteiger charge is -2.30. The Morgan fingerprint density at radius 1 is 1.38 bits per heavy atom. The fourth-order valence-electron chi connectivity index (χ4n) is 2.22. The summed E-state index contributed by atoms with van der Waals surface area (Å²) in [6.07, 6.45) is 2.41. The number of nitrogens with zero attached hydrogens (tertiary/aromatic N) is 2. The van der Waals surface area contributed by atoms with Gasteiger partial charge in [0.25, 0.3) is 0 Å². The van der Waals surface area contributed by atoms with Gasteiger partial charge in [-0.3, -0.25) is 0 Å². The van der Waals surface area contributed by atoms with E-state index in [1.54, 1.807) is 0 Å². The molecule has 2 aliphatic heterocycles. The molecule has 2 aliphatic rings. The topological polar surface area (TPSA) is 44.8 Å². The first-order valence-corrected chi connectivity index (χ1v) is 6.08. The quantitative estimate of drug-likeness (QED) is 0.729. The monoisotopic (exact) mass is 227 g/mol. The summed E-state index contributed by atoms with van der Waals surface area (Å²) in [7, 11) is 2.08. The molecule has 16 heavy (non-hydrogen) atoms. The maximum absolute atomic E-state index is 11.7. The maximum atomic E-state index is 11.7. The number of ether oxygens (including phenoxy) is 1. The van der Waals surface area contributed by atoms with E-state index in [0.717, 1.165) is 45.6 Å². The van der Waals surface area contributed by atoms with E-state index in [4.69, 9.17) is 4.74 Å². The van der Waals surface area contributed by atoms with Crippen molar-refractivity contribution in [2.75, 3.05) is 46.4 Å². The van der Waals surface area contributed by atoms with Crippen LogP contribution >= 0.6 is 0 Å². The smallest absolute Gasteiger partial charge is 0.317 e. The fraction of sp³-hybridized carbons (Fsp3) is 0.909. The van der Waals surface area contributed by atoms with Gasteiger partial charge in [0.05, 0.1) is 12.7 Å². The number of urea groups is 1. The van der Waals surface area contributed by atoms with Crippen LogP contribution in [0.15, 0.2) is 0 Å². The number of morpholine rings is 1. The highest BCUT2D eigenvalue weighted by atomic mass is 16.5. The lowest BCUT2D eigenvalue weighted by Crippen LogP contribution is -2.48. The highest BCUT2D eigenvalue weighted by Crippen LogP contribution is 2.07. The van der Waals surface area contributed by atoms with Crippen molar-refractivity contribution in [2.45, 2.75) is 18.9 Å². The van der Waals surface area contributed by atoms with Crippen molar-refractivity contribution >= 4 is 6.03 Å². The molecule has 0 spiro atoms. The number of rotatable bonds is 2. The molecule has 2 fully saturated rings. The van der Waals surface area contributed by atoms with E-state index in [2.05, 4.69) is 17.3 Å². The normalized spacial score (nSPS) is 27.1. The molecule has 0 aromatic rings. The van der Waals surface area contributed by atoms with Crippen LogP contribution in [0.2, 0.25) is 0 Å². The zero-order valence-electron chi connectivity index (χ0n) is 9.95. The van der Waals surface area contributed by atoms with Crippen LogP contribution in [0, 0.1) is 0 Å². The molecule has 2 amide bonds. The van der Waals surface area contributed by atoms with E-state index in [0.29, 0.717) is 6.54 Å². The van der Waals surface area contributed by atoms with Crippen molar-refractivity contribution in [1.82, 2.24) is 15.1 Å². The van der Waals surface area contributed by atoms with Gasteiger partial charge in [0.1, 0.15) is 0 Å². The summed E-state index contributed by atoms with van der Waals surface area (Å²) in [5.41, 5.74) is 0. The Kier molecular flexibility index (Phi) is 4.01. The molecule has 5 nitrogen and oxygen atoms in total. The van der Waals surface area contributed by atoms with Gasteiger partial charge >= 0.3 is 6.03 Å². The molecular weight excluding hydrogens is 206 g/mol. The molecule has 2 heterocycles. The van der Waals surface area contributed by atoms with Crippen molar-refractivity contribution in [3.05, 3.63) is 0 Å². The molecule has 1 N–H and O–H groups in total. The van der Waals surface area contributed by atoms with Crippen LogP contribution in [0.5, 0.6) is 0 Å². The zero-order valence-corrected chi connectivity index (χ0v) is 9.95. The minimum atomic E-state index is 0.0642. The molecule has 2 saturated heterocycles. The molecule has 0 aliphatic carbocycles. The second-order valence-electron chi connectivity index (χ2n) is 4.64. The number of carbonyl (C=O) groups is 1. The van der Waals surface area contributed by atoms with Gasteiger partial charge in [-0.2, -0.15) is 0 Å². The van der Waals surface area contributed by atoms with Crippen molar-refractivity contribution in [1.29, 1.82) is 0 Å². The molecular formula is C11H21N3O2. The molecule has 92 valence electrons. The molecule has 2 rings (SSSR count). The minimum Gasteiger partial charge on any atom is -0.374 e. The first kappa shape index (κ1) is 11.7. The predicted octanol–water partition coefficient (Wildman–Crippen LogP) is 0.122. The highest BCUT2D eigenvalue weighted by Gasteiger charge is 2.21. The number of hydrogen-bond acceptors (Lipinski definition) is 3. The first-order valence-electron chi connectivity index (χ1n) is 6.08. The summed E-state index contributed by atoms with van der Waals surface area (Å²) in [6.45, 7) is 5.08. The summed E-state index contributed by atoms with van der Waals surface area (Å²) in [6, 6.07) is 0.0642. The number of amides is 2. The van der Waals surface area contributed by atoms with Crippen LogP contribution in [0.1, 0.15) is 12.8 Å². The van der Waals surface area contributed by atoms with E-state index in [-0.39, 0.29) is 12.1 Å². The Bertz CT molecular complexity index is 241. The van der Waals surface area contributed by atoms with Gasteiger partial charge in [0, 0.05) is 32.7 Å². The number of nitrogens with one attached hydrogen (secondary N) is 1. The average molecular weight is 227 g/mol. The second-order valence-corrected chi connectivity index (χ2v) is 4.64. The van der Waals surface area contributed by atoms with Gasteiger partial charge in [-0.05, 0) is 19.9 Å². The van der Waals surface area contributed by atoms with Gasteiger partial charge in [-0.1, -0.05) is 0 Å². The Morgan fingerprint density at radius 2 is 2.12 bits per heavy atom. The summed E-state index contributed by atoms with van der Waals surface area (Å²) in [5, 5.41) is 2.95. The molecule has 5 heteroatoms. The third-order valence-electron chi connectivity index (χ3n) is 3.22. The molecule has 0 aromatic heterocycles. The van der Waals surface area contributed by atoms with Crippen molar-refractivity contribution in [3.63, 3.8) is 0 Å². The molecule has 1 unspecified atom stereocenters. The van der Waals surface area contributed by atoms with Crippen LogP contribution in [0.4, 0.5) is 4.79 Å². The number of likely N-dealkylation sites (tertiary alicyclic amines) is 1. The number of hydrogen-bond donors (Lipinski definition) is 1. The van der Waals surface area contributed by atoms with E-state index in [1.807, 2.05) is 4.90 Å². The lowest BCUT2D eigenvalue weighted by atomic mass is 10.3. The molecule has 0 saturated carbocycles. The van der Waals surface area contributed by atoms with Crippen LogP contribution in [-0.2, 0) is 4.74 Å². The number of likely N-dealkylation sites (N-methyl/N-ethyl adjacent to an activating group) is 1. The van der Waals surface area contributed by atoms with Crippen LogP contribution in [0.25, 0.3) is 0 Å². The van der Waals surface area contributed by atoms with Gasteiger partial charge in [0.15, 0.2) is 0 Å². The van der Waals surface area contributed by atoms with Gasteiger partial charge < -0.3 is 19.9 Å².